The van der Waals surface area contributed by atoms with Crippen LogP contribution in [-0.2, 0) is 10.1 Å². The second-order valence-electron chi connectivity index (χ2n) is 3.18. The second kappa shape index (κ2) is 6.73. The summed E-state index contributed by atoms with van der Waals surface area (Å²) < 4.78 is 45.4. The summed E-state index contributed by atoms with van der Waals surface area (Å²) in [4.78, 5) is 15.1. The normalized spacial score (nSPS) is 11.3. The molecule has 0 aromatic carbocycles. The quantitative estimate of drug-likeness (QED) is 0.396. The van der Waals surface area contributed by atoms with Crippen LogP contribution in [0, 0.1) is 3.57 Å². The number of carbonyl (C=O) groups is 1. The first-order chi connectivity index (χ1) is 8.78. The summed E-state index contributed by atoms with van der Waals surface area (Å²) in [5.74, 6) is -1.48. The Morgan fingerprint density at radius 3 is 2.63 bits per heavy atom. The van der Waals surface area contributed by atoms with Gasteiger partial charge in [0.1, 0.15) is 0 Å². The van der Waals surface area contributed by atoms with E-state index in [1.807, 2.05) is 22.6 Å². The molecule has 1 aromatic rings. The van der Waals surface area contributed by atoms with E-state index in [2.05, 4.69) is 25.7 Å². The Kier molecular flexibility index (Phi) is 5.83. The Balaban J connectivity index is 3.22. The fraction of sp³-hybridized carbons (Fsp3) is 0.400. The van der Waals surface area contributed by atoms with Crippen LogP contribution in [0.15, 0.2) is 6.07 Å². The zero-order valence-electron chi connectivity index (χ0n) is 9.55. The van der Waals surface area contributed by atoms with E-state index in [9.17, 15) is 18.0 Å². The Hall–Kier alpha value is -0.580. The summed E-state index contributed by atoms with van der Waals surface area (Å²) in [6, 6.07) is 1.12. The Morgan fingerprint density at radius 2 is 2.16 bits per heavy atom. The van der Waals surface area contributed by atoms with Gasteiger partial charge in [0.2, 0.25) is 5.88 Å². The zero-order valence-corrected chi connectivity index (χ0v) is 13.3. The molecule has 1 rings (SSSR count). The van der Waals surface area contributed by atoms with E-state index in [0.717, 1.165) is 6.07 Å². The molecule has 0 radical (unpaired) electrons. The van der Waals surface area contributed by atoms with Crippen LogP contribution >= 0.6 is 38.5 Å². The molecule has 0 saturated heterocycles. The van der Waals surface area contributed by atoms with Gasteiger partial charge in [-0.05, 0) is 35.1 Å². The molecule has 0 aliphatic carbocycles. The molecule has 0 aliphatic rings. The minimum Gasteiger partial charge on any atom is -0.461 e. The van der Waals surface area contributed by atoms with Gasteiger partial charge in [-0.25, -0.2) is 9.78 Å². The maximum absolute atomic E-state index is 12.2. The SMILES string of the molecule is CCOC(=O)c1nc(OC(F)(F)F)cc(CBr)c1I. The number of nitrogens with zero attached hydrogens (tertiary/aromatic N) is 1. The first kappa shape index (κ1) is 16.5. The van der Waals surface area contributed by atoms with Crippen LogP contribution in [0.1, 0.15) is 23.0 Å². The van der Waals surface area contributed by atoms with E-state index in [1.54, 1.807) is 6.92 Å². The second-order valence-corrected chi connectivity index (χ2v) is 4.82. The van der Waals surface area contributed by atoms with Crippen LogP contribution in [0.2, 0.25) is 0 Å². The standard InChI is InChI=1S/C10H8BrF3INO3/c1-2-18-9(17)8-7(15)5(4-11)3-6(16-8)19-10(12,13)14/h3H,2,4H2,1H3. The van der Waals surface area contributed by atoms with Gasteiger partial charge in [-0.2, -0.15) is 0 Å². The molecule has 0 atom stereocenters. The van der Waals surface area contributed by atoms with Crippen molar-refractivity contribution in [1.29, 1.82) is 0 Å². The molecule has 0 aliphatic heterocycles. The Labute approximate surface area is 128 Å². The van der Waals surface area contributed by atoms with Crippen LogP contribution in [0.5, 0.6) is 5.88 Å². The van der Waals surface area contributed by atoms with E-state index in [1.165, 1.54) is 0 Å². The maximum atomic E-state index is 12.2. The van der Waals surface area contributed by atoms with E-state index >= 15 is 0 Å². The van der Waals surface area contributed by atoms with Crippen molar-refractivity contribution < 1.29 is 27.4 Å². The Morgan fingerprint density at radius 1 is 1.53 bits per heavy atom. The number of hydrogen-bond donors (Lipinski definition) is 0. The molecule has 4 nitrogen and oxygen atoms in total. The minimum atomic E-state index is -4.87. The summed E-state index contributed by atoms with van der Waals surface area (Å²) in [5.41, 5.74) is 0.261. The molecule has 9 heteroatoms. The fourth-order valence-corrected chi connectivity index (χ4v) is 2.81. The zero-order chi connectivity index (χ0) is 14.6. The van der Waals surface area contributed by atoms with Crippen LogP contribution in [0.25, 0.3) is 0 Å². The number of aromatic nitrogens is 1. The molecular formula is C10H8BrF3INO3. The average Bonchev–Trinajstić information content (AvgIpc) is 2.29. The van der Waals surface area contributed by atoms with Crippen LogP contribution in [-0.4, -0.2) is 23.9 Å². The van der Waals surface area contributed by atoms with Crippen LogP contribution in [0.4, 0.5) is 13.2 Å². The van der Waals surface area contributed by atoms with E-state index in [0.29, 0.717) is 9.13 Å². The number of hydrogen-bond acceptors (Lipinski definition) is 4. The van der Waals surface area contributed by atoms with Gasteiger partial charge in [0.25, 0.3) is 0 Å². The molecule has 1 heterocycles. The lowest BCUT2D eigenvalue weighted by molar-refractivity contribution is -0.276. The lowest BCUT2D eigenvalue weighted by atomic mass is 10.2. The molecule has 19 heavy (non-hydrogen) atoms. The van der Waals surface area contributed by atoms with Crippen molar-refractivity contribution in [1.82, 2.24) is 4.98 Å². The van der Waals surface area contributed by atoms with Gasteiger partial charge in [0.15, 0.2) is 5.69 Å². The van der Waals surface area contributed by atoms with Crippen molar-refractivity contribution in [2.45, 2.75) is 18.6 Å². The van der Waals surface area contributed by atoms with Crippen molar-refractivity contribution in [2.75, 3.05) is 6.61 Å². The summed E-state index contributed by atoms with van der Waals surface area (Å²) in [5, 5.41) is 0.258. The number of ether oxygens (including phenoxy) is 2. The molecule has 0 N–H and O–H groups in total. The number of alkyl halides is 4. The van der Waals surface area contributed by atoms with E-state index in [-0.39, 0.29) is 17.6 Å². The van der Waals surface area contributed by atoms with E-state index < -0.39 is 18.2 Å². The van der Waals surface area contributed by atoms with Crippen molar-refractivity contribution in [3.8, 4) is 5.88 Å². The third-order valence-corrected chi connectivity index (χ3v) is 3.65. The lowest BCUT2D eigenvalue weighted by Crippen LogP contribution is -2.20. The number of pyridine rings is 1. The van der Waals surface area contributed by atoms with Crippen LogP contribution < -0.4 is 4.74 Å². The number of esters is 1. The topological polar surface area (TPSA) is 48.4 Å². The van der Waals surface area contributed by atoms with Gasteiger partial charge in [-0.1, -0.05) is 15.9 Å². The number of halogens is 5. The molecule has 0 spiro atoms. The number of rotatable bonds is 4. The first-order valence-electron chi connectivity index (χ1n) is 4.96. The summed E-state index contributed by atoms with van der Waals surface area (Å²) in [6.45, 7) is 1.69. The van der Waals surface area contributed by atoms with E-state index in [4.69, 9.17) is 4.74 Å². The average molecular weight is 454 g/mol. The predicted molar refractivity (Wildman–Crippen MR) is 72.2 cm³/mol. The summed E-state index contributed by atoms with van der Waals surface area (Å²) in [6.07, 6.45) is -4.87. The van der Waals surface area contributed by atoms with Gasteiger partial charge < -0.3 is 9.47 Å². The summed E-state index contributed by atoms with van der Waals surface area (Å²) in [7, 11) is 0. The predicted octanol–water partition coefficient (Wildman–Crippen LogP) is 3.66. The monoisotopic (exact) mass is 453 g/mol. The van der Waals surface area contributed by atoms with Gasteiger partial charge in [0, 0.05) is 11.4 Å². The minimum absolute atomic E-state index is 0.102. The van der Waals surface area contributed by atoms with Crippen molar-refractivity contribution >= 4 is 44.5 Å². The highest BCUT2D eigenvalue weighted by Crippen LogP contribution is 2.27. The highest BCUT2D eigenvalue weighted by molar-refractivity contribution is 14.1. The largest absolute Gasteiger partial charge is 0.574 e. The fourth-order valence-electron chi connectivity index (χ4n) is 1.16. The number of carbonyl (C=O) groups excluding carboxylic acids is 1. The summed E-state index contributed by atoms with van der Waals surface area (Å²) >= 11 is 4.94. The van der Waals surface area contributed by atoms with Gasteiger partial charge >= 0.3 is 12.3 Å². The highest BCUT2D eigenvalue weighted by Gasteiger charge is 2.33. The van der Waals surface area contributed by atoms with Gasteiger partial charge in [-0.3, -0.25) is 0 Å². The molecule has 1 aromatic heterocycles. The van der Waals surface area contributed by atoms with Gasteiger partial charge in [0.05, 0.1) is 10.2 Å². The first-order valence-corrected chi connectivity index (χ1v) is 7.16. The highest BCUT2D eigenvalue weighted by atomic mass is 127. The molecule has 0 fully saturated rings. The lowest BCUT2D eigenvalue weighted by Gasteiger charge is -2.12. The molecule has 0 amide bonds. The molecule has 0 saturated carbocycles. The smallest absolute Gasteiger partial charge is 0.461 e. The Bertz CT molecular complexity index is 482. The van der Waals surface area contributed by atoms with Crippen LogP contribution in [0.3, 0.4) is 0 Å². The van der Waals surface area contributed by atoms with Gasteiger partial charge in [-0.15, -0.1) is 13.2 Å². The third-order valence-electron chi connectivity index (χ3n) is 1.84. The molecule has 0 bridgehead atoms. The maximum Gasteiger partial charge on any atom is 0.574 e. The van der Waals surface area contributed by atoms with Crippen molar-refractivity contribution in [2.24, 2.45) is 0 Å². The molecule has 0 unspecified atom stereocenters. The molecule has 106 valence electrons. The van der Waals surface area contributed by atoms with Crippen molar-refractivity contribution in [3.05, 3.63) is 20.9 Å². The molecular weight excluding hydrogens is 446 g/mol. The third kappa shape index (κ3) is 4.79. The van der Waals surface area contributed by atoms with Crippen molar-refractivity contribution in [3.63, 3.8) is 0 Å².